The standard InChI is InChI=1S/C18H29NO/c1-14-9-10-15(2)18(13-14)16(3)19-11-12-20-17-7-5-4-6-8-17/h9-10,13,16-17,19H,4-8,11-12H2,1-3H3. The van der Waals surface area contributed by atoms with Crippen LogP contribution in [0.2, 0.25) is 0 Å². The summed E-state index contributed by atoms with van der Waals surface area (Å²) in [6, 6.07) is 7.07. The van der Waals surface area contributed by atoms with Crippen molar-refractivity contribution in [3.05, 3.63) is 34.9 Å². The predicted molar refractivity (Wildman–Crippen MR) is 85.2 cm³/mol. The van der Waals surface area contributed by atoms with Crippen molar-refractivity contribution in [3.63, 3.8) is 0 Å². The molecule has 1 aromatic rings. The zero-order valence-electron chi connectivity index (χ0n) is 13.2. The third kappa shape index (κ3) is 4.60. The van der Waals surface area contributed by atoms with Gasteiger partial charge in [-0.25, -0.2) is 0 Å². The fraction of sp³-hybridized carbons (Fsp3) is 0.667. The lowest BCUT2D eigenvalue weighted by Crippen LogP contribution is -2.27. The number of hydrogen-bond acceptors (Lipinski definition) is 2. The summed E-state index contributed by atoms with van der Waals surface area (Å²) in [5.41, 5.74) is 4.10. The second-order valence-corrected chi connectivity index (χ2v) is 6.17. The molecule has 1 aliphatic rings. The molecule has 1 atom stereocenters. The maximum Gasteiger partial charge on any atom is 0.0594 e. The van der Waals surface area contributed by atoms with Crippen LogP contribution < -0.4 is 5.32 Å². The Labute approximate surface area is 123 Å². The summed E-state index contributed by atoms with van der Waals surface area (Å²) in [6.45, 7) is 8.35. The number of rotatable bonds is 6. The summed E-state index contributed by atoms with van der Waals surface area (Å²) in [7, 11) is 0. The van der Waals surface area contributed by atoms with Gasteiger partial charge in [-0.3, -0.25) is 0 Å². The number of aryl methyl sites for hydroxylation is 2. The molecule has 0 radical (unpaired) electrons. The molecular formula is C18H29NO. The molecule has 0 spiro atoms. The van der Waals surface area contributed by atoms with Gasteiger partial charge in [-0.1, -0.05) is 43.0 Å². The third-order valence-corrected chi connectivity index (χ3v) is 4.36. The Morgan fingerprint density at radius 2 is 1.95 bits per heavy atom. The van der Waals surface area contributed by atoms with Crippen LogP contribution in [0.5, 0.6) is 0 Å². The van der Waals surface area contributed by atoms with E-state index in [0.717, 1.165) is 13.2 Å². The second-order valence-electron chi connectivity index (χ2n) is 6.17. The lowest BCUT2D eigenvalue weighted by molar-refractivity contribution is 0.0295. The van der Waals surface area contributed by atoms with Crippen molar-refractivity contribution in [2.45, 2.75) is 65.0 Å². The minimum Gasteiger partial charge on any atom is -0.377 e. The summed E-state index contributed by atoms with van der Waals surface area (Å²) < 4.78 is 5.96. The topological polar surface area (TPSA) is 21.3 Å². The third-order valence-electron chi connectivity index (χ3n) is 4.36. The van der Waals surface area contributed by atoms with E-state index >= 15 is 0 Å². The Balaban J connectivity index is 1.71. The van der Waals surface area contributed by atoms with Crippen LogP contribution in [0.3, 0.4) is 0 Å². The van der Waals surface area contributed by atoms with Crippen molar-refractivity contribution in [1.29, 1.82) is 0 Å². The van der Waals surface area contributed by atoms with Crippen molar-refractivity contribution in [2.24, 2.45) is 0 Å². The molecule has 0 heterocycles. The highest BCUT2D eigenvalue weighted by Crippen LogP contribution is 2.20. The van der Waals surface area contributed by atoms with Crippen molar-refractivity contribution in [3.8, 4) is 0 Å². The number of ether oxygens (including phenoxy) is 1. The maximum absolute atomic E-state index is 5.96. The summed E-state index contributed by atoms with van der Waals surface area (Å²) >= 11 is 0. The largest absolute Gasteiger partial charge is 0.377 e. The molecule has 0 aliphatic heterocycles. The first kappa shape index (κ1) is 15.5. The van der Waals surface area contributed by atoms with Crippen LogP contribution >= 0.6 is 0 Å². The van der Waals surface area contributed by atoms with Gasteiger partial charge in [0.05, 0.1) is 12.7 Å². The second kappa shape index (κ2) is 7.80. The first-order valence-electron chi connectivity index (χ1n) is 8.09. The first-order valence-corrected chi connectivity index (χ1v) is 8.09. The Kier molecular flexibility index (Phi) is 6.06. The lowest BCUT2D eigenvalue weighted by Gasteiger charge is -2.23. The van der Waals surface area contributed by atoms with Crippen LogP contribution in [-0.2, 0) is 4.74 Å². The lowest BCUT2D eigenvalue weighted by atomic mass is 9.98. The van der Waals surface area contributed by atoms with E-state index in [1.807, 2.05) is 0 Å². The normalized spacial score (nSPS) is 18.1. The van der Waals surface area contributed by atoms with Crippen molar-refractivity contribution < 1.29 is 4.74 Å². The van der Waals surface area contributed by atoms with Crippen LogP contribution in [0.15, 0.2) is 18.2 Å². The molecule has 0 bridgehead atoms. The van der Waals surface area contributed by atoms with Gasteiger partial charge in [0.15, 0.2) is 0 Å². The molecule has 2 nitrogen and oxygen atoms in total. The molecule has 1 N–H and O–H groups in total. The summed E-state index contributed by atoms with van der Waals surface area (Å²) in [5, 5.41) is 3.58. The van der Waals surface area contributed by atoms with Gasteiger partial charge < -0.3 is 10.1 Å². The SMILES string of the molecule is Cc1ccc(C)c(C(C)NCCOC2CCCCC2)c1. The monoisotopic (exact) mass is 275 g/mol. The molecule has 1 aromatic carbocycles. The molecule has 0 saturated heterocycles. The Morgan fingerprint density at radius 3 is 2.70 bits per heavy atom. The van der Waals surface area contributed by atoms with Gasteiger partial charge in [0, 0.05) is 12.6 Å². The van der Waals surface area contributed by atoms with E-state index in [1.54, 1.807) is 0 Å². The van der Waals surface area contributed by atoms with Gasteiger partial charge in [0.25, 0.3) is 0 Å². The molecule has 1 fully saturated rings. The van der Waals surface area contributed by atoms with E-state index in [9.17, 15) is 0 Å². The first-order chi connectivity index (χ1) is 9.66. The molecule has 2 rings (SSSR count). The van der Waals surface area contributed by atoms with Crippen LogP contribution in [-0.4, -0.2) is 19.3 Å². The highest BCUT2D eigenvalue weighted by Gasteiger charge is 2.13. The Hall–Kier alpha value is -0.860. The highest BCUT2D eigenvalue weighted by molar-refractivity contribution is 5.32. The minimum absolute atomic E-state index is 0.393. The van der Waals surface area contributed by atoms with Gasteiger partial charge in [0.1, 0.15) is 0 Å². The van der Waals surface area contributed by atoms with E-state index in [4.69, 9.17) is 4.74 Å². The Morgan fingerprint density at radius 1 is 1.20 bits per heavy atom. The predicted octanol–water partition coefficient (Wildman–Crippen LogP) is 4.30. The van der Waals surface area contributed by atoms with Crippen LogP contribution in [0.4, 0.5) is 0 Å². The smallest absolute Gasteiger partial charge is 0.0594 e. The molecule has 2 heteroatoms. The molecule has 112 valence electrons. The Bertz CT molecular complexity index is 410. The van der Waals surface area contributed by atoms with Gasteiger partial charge >= 0.3 is 0 Å². The van der Waals surface area contributed by atoms with Crippen LogP contribution in [0, 0.1) is 13.8 Å². The van der Waals surface area contributed by atoms with E-state index in [2.05, 4.69) is 44.3 Å². The average Bonchev–Trinajstić information content (AvgIpc) is 2.47. The number of benzene rings is 1. The molecule has 1 aliphatic carbocycles. The minimum atomic E-state index is 0.393. The van der Waals surface area contributed by atoms with Gasteiger partial charge in [-0.2, -0.15) is 0 Å². The summed E-state index contributed by atoms with van der Waals surface area (Å²) in [4.78, 5) is 0. The van der Waals surface area contributed by atoms with Crippen LogP contribution in [0.1, 0.15) is 61.8 Å². The molecule has 0 aromatic heterocycles. The van der Waals surface area contributed by atoms with E-state index in [0.29, 0.717) is 12.1 Å². The van der Waals surface area contributed by atoms with E-state index in [1.165, 1.54) is 48.8 Å². The maximum atomic E-state index is 5.96. The van der Waals surface area contributed by atoms with Gasteiger partial charge in [-0.15, -0.1) is 0 Å². The average molecular weight is 275 g/mol. The summed E-state index contributed by atoms with van der Waals surface area (Å²) in [6.07, 6.45) is 7.11. The van der Waals surface area contributed by atoms with Gasteiger partial charge in [0.2, 0.25) is 0 Å². The molecule has 0 amide bonds. The molecule has 1 saturated carbocycles. The molecule has 20 heavy (non-hydrogen) atoms. The highest BCUT2D eigenvalue weighted by atomic mass is 16.5. The number of nitrogens with one attached hydrogen (secondary N) is 1. The van der Waals surface area contributed by atoms with Gasteiger partial charge in [-0.05, 0) is 44.7 Å². The summed E-state index contributed by atoms with van der Waals surface area (Å²) in [5.74, 6) is 0. The fourth-order valence-electron chi connectivity index (χ4n) is 3.07. The zero-order valence-corrected chi connectivity index (χ0v) is 13.2. The molecule has 1 unspecified atom stereocenters. The van der Waals surface area contributed by atoms with Crippen molar-refractivity contribution in [2.75, 3.05) is 13.2 Å². The van der Waals surface area contributed by atoms with E-state index in [-0.39, 0.29) is 0 Å². The van der Waals surface area contributed by atoms with E-state index < -0.39 is 0 Å². The van der Waals surface area contributed by atoms with Crippen molar-refractivity contribution >= 4 is 0 Å². The zero-order chi connectivity index (χ0) is 14.4. The van der Waals surface area contributed by atoms with Crippen LogP contribution in [0.25, 0.3) is 0 Å². The van der Waals surface area contributed by atoms with Crippen molar-refractivity contribution in [1.82, 2.24) is 5.32 Å². The quantitative estimate of drug-likeness (QED) is 0.781. The molecular weight excluding hydrogens is 246 g/mol. The fourth-order valence-corrected chi connectivity index (χ4v) is 3.07. The number of hydrogen-bond donors (Lipinski definition) is 1.